The van der Waals surface area contributed by atoms with Crippen LogP contribution >= 0.6 is 11.3 Å². The van der Waals surface area contributed by atoms with Crippen LogP contribution in [0.3, 0.4) is 0 Å². The summed E-state index contributed by atoms with van der Waals surface area (Å²) in [7, 11) is 0. The van der Waals surface area contributed by atoms with E-state index < -0.39 is 13.3 Å². The Bertz CT molecular complexity index is 2920. The maximum absolute atomic E-state index is 5.29. The largest absolute Gasteiger partial charge is 0.333 e. The second-order valence-corrected chi connectivity index (χ2v) is 29.7. The van der Waals surface area contributed by atoms with Crippen molar-refractivity contribution in [3.05, 3.63) is 174 Å². The van der Waals surface area contributed by atoms with Crippen molar-refractivity contribution < 1.29 is 20.1 Å². The fraction of sp³-hybridized carbons (Fsp3) is 0.232. The first-order valence-electron chi connectivity index (χ1n) is 21.9. The van der Waals surface area contributed by atoms with Gasteiger partial charge in [-0.2, -0.15) is 0 Å². The third kappa shape index (κ3) is 10.1. The Morgan fingerprint density at radius 2 is 1.35 bits per heavy atom. The molecule has 0 aliphatic rings. The van der Waals surface area contributed by atoms with Crippen LogP contribution < -0.4 is 4.40 Å². The summed E-state index contributed by atoms with van der Waals surface area (Å²) in [5.74, 6) is 9.56. The van der Waals surface area contributed by atoms with E-state index in [0.717, 1.165) is 45.7 Å². The van der Waals surface area contributed by atoms with Gasteiger partial charge in [0.15, 0.2) is 0 Å². The summed E-state index contributed by atoms with van der Waals surface area (Å²) in [5, 5.41) is 4.83. The van der Waals surface area contributed by atoms with Crippen molar-refractivity contribution in [2.45, 2.75) is 77.1 Å². The van der Waals surface area contributed by atoms with Crippen LogP contribution in [0.2, 0.25) is 17.3 Å². The Kier molecular flexibility index (Phi) is 14.5. The standard InChI is InChI=1S/C38H32N3S.C18H24GeN.Ir/c1-24(2)30-21-29(26-10-6-5-7-11-26)22-31(25(3)4)37(30)41-35-13-9-8-12-34(35)40-38(41)33-23-42-36-15-14-28(20-32(33)36)27-16-18-39-19-17-27;1-14(2)11-16-12-18(15-9-7-6-8-10-15)20-13-17(16)19(3,4)5;/h5-22,24-25H,1-4H3;6-9,12-14H,11H2,1-5H3;/q2*-1;. The molecule has 4 nitrogen and oxygen atoms in total. The Morgan fingerprint density at radius 3 is 2.00 bits per heavy atom. The summed E-state index contributed by atoms with van der Waals surface area (Å²) in [6.45, 7) is 13.8. The fourth-order valence-electron chi connectivity index (χ4n) is 8.38. The van der Waals surface area contributed by atoms with Crippen LogP contribution in [0.25, 0.3) is 71.7 Å². The summed E-state index contributed by atoms with van der Waals surface area (Å²) >= 11 is -0.202. The van der Waals surface area contributed by atoms with Gasteiger partial charge >= 0.3 is 126 Å². The molecule has 9 aromatic rings. The first kappa shape index (κ1) is 46.0. The fourth-order valence-corrected chi connectivity index (χ4v) is 12.5. The Labute approximate surface area is 394 Å². The summed E-state index contributed by atoms with van der Waals surface area (Å²) < 4.78 is 5.15. The van der Waals surface area contributed by atoms with Gasteiger partial charge in [0.25, 0.3) is 0 Å². The van der Waals surface area contributed by atoms with Crippen LogP contribution in [0.1, 0.15) is 70.1 Å². The zero-order valence-electron chi connectivity index (χ0n) is 37.8. The molecule has 4 aromatic heterocycles. The molecule has 4 heterocycles. The molecule has 0 N–H and O–H groups in total. The molecule has 7 heteroatoms. The van der Waals surface area contributed by atoms with Crippen molar-refractivity contribution in [2.75, 3.05) is 0 Å². The number of fused-ring (bicyclic) bond motifs is 2. The van der Waals surface area contributed by atoms with E-state index in [1.807, 2.05) is 30.6 Å². The Balaban J connectivity index is 0.000000239. The molecular formula is C56H56GeIrN4S-2. The first-order chi connectivity index (χ1) is 29.9. The van der Waals surface area contributed by atoms with E-state index in [1.165, 1.54) is 49.2 Å². The van der Waals surface area contributed by atoms with Gasteiger partial charge in [-0.1, -0.05) is 104 Å². The van der Waals surface area contributed by atoms with Crippen molar-refractivity contribution in [1.29, 1.82) is 0 Å². The number of nitrogens with zero attached hydrogens (tertiary/aromatic N) is 4. The average Bonchev–Trinajstić information content (AvgIpc) is 3.87. The van der Waals surface area contributed by atoms with E-state index in [9.17, 15) is 0 Å². The smallest absolute Gasteiger partial charge is 0.0774 e. The summed E-state index contributed by atoms with van der Waals surface area (Å²) in [5.41, 5.74) is 15.5. The third-order valence-electron chi connectivity index (χ3n) is 11.5. The number of rotatable bonds is 10. The van der Waals surface area contributed by atoms with Crippen molar-refractivity contribution >= 4 is 50.1 Å². The summed E-state index contributed by atoms with van der Waals surface area (Å²) in [6.07, 6.45) is 6.97. The Morgan fingerprint density at radius 1 is 0.683 bits per heavy atom. The zero-order valence-corrected chi connectivity index (χ0v) is 43.1. The monoisotopic (exact) mass is 1080 g/mol. The van der Waals surface area contributed by atoms with Gasteiger partial charge in [-0.3, -0.25) is 21.3 Å². The number of pyridine rings is 2. The molecule has 0 saturated heterocycles. The predicted molar refractivity (Wildman–Crippen MR) is 268 cm³/mol. The molecule has 0 unspecified atom stereocenters. The quantitative estimate of drug-likeness (QED) is 0.101. The minimum atomic E-state index is -1.86. The van der Waals surface area contributed by atoms with Gasteiger partial charge in [0, 0.05) is 38.2 Å². The Hall–Kier alpha value is -4.98. The van der Waals surface area contributed by atoms with Crippen LogP contribution in [-0.2, 0) is 26.5 Å². The number of imidazole rings is 1. The van der Waals surface area contributed by atoms with Crippen LogP contribution in [0.5, 0.6) is 0 Å². The van der Waals surface area contributed by atoms with Crippen molar-refractivity contribution in [3.8, 4) is 50.6 Å². The molecule has 5 aromatic carbocycles. The second kappa shape index (κ2) is 19.8. The average molecular weight is 1080 g/mol. The molecule has 0 atom stereocenters. The zero-order chi connectivity index (χ0) is 43.5. The maximum atomic E-state index is 5.29. The first-order valence-corrected chi connectivity index (χ1v) is 30.1. The molecule has 0 aliphatic heterocycles. The van der Waals surface area contributed by atoms with Crippen molar-refractivity contribution in [2.24, 2.45) is 5.92 Å². The number of hydrogen-bond acceptors (Lipinski definition) is 4. The van der Waals surface area contributed by atoms with Gasteiger partial charge in [-0.05, 0) is 81.6 Å². The van der Waals surface area contributed by atoms with Crippen LogP contribution in [-0.4, -0.2) is 32.8 Å². The van der Waals surface area contributed by atoms with E-state index in [-0.39, 0.29) is 20.1 Å². The van der Waals surface area contributed by atoms with Gasteiger partial charge in [-0.15, -0.1) is 5.39 Å². The van der Waals surface area contributed by atoms with E-state index in [2.05, 4.69) is 195 Å². The molecule has 63 heavy (non-hydrogen) atoms. The molecule has 0 fully saturated rings. The van der Waals surface area contributed by atoms with Gasteiger partial charge in [0.1, 0.15) is 0 Å². The molecular weight excluding hydrogens is 1030 g/mol. The number of benzene rings is 5. The molecule has 0 spiro atoms. The van der Waals surface area contributed by atoms with E-state index in [0.29, 0.717) is 17.8 Å². The summed E-state index contributed by atoms with van der Waals surface area (Å²) in [4.78, 5) is 14.2. The number of hydrogen-bond donors (Lipinski definition) is 0. The van der Waals surface area contributed by atoms with Crippen LogP contribution in [0.15, 0.2) is 146 Å². The predicted octanol–water partition coefficient (Wildman–Crippen LogP) is 15.0. The number of para-hydroxylation sites is 2. The van der Waals surface area contributed by atoms with Gasteiger partial charge in [0.05, 0.1) is 16.9 Å². The topological polar surface area (TPSA) is 43.6 Å². The molecule has 0 saturated carbocycles. The molecule has 0 aliphatic carbocycles. The minimum absolute atomic E-state index is 0. The molecule has 0 bridgehead atoms. The molecule has 0 amide bonds. The molecule has 9 rings (SSSR count). The van der Waals surface area contributed by atoms with E-state index >= 15 is 0 Å². The van der Waals surface area contributed by atoms with E-state index in [4.69, 9.17) is 9.97 Å². The van der Waals surface area contributed by atoms with Gasteiger partial charge in [0.2, 0.25) is 0 Å². The van der Waals surface area contributed by atoms with E-state index in [1.54, 1.807) is 15.7 Å². The normalized spacial score (nSPS) is 11.6. The SMILES string of the molecule is CC(C)Cc1cc(-c2[c-]cccc2)nc[c]1[Ge]([CH3])([CH3])[CH3].CC(C)c1cc(-c2ccccc2)cc(C(C)C)c1-n1c(-c2[c-]sc3ccc(-c4ccncc4)cc23)nc2ccccc21.[Ir]. The van der Waals surface area contributed by atoms with Gasteiger partial charge < -0.3 is 4.57 Å². The van der Waals surface area contributed by atoms with Crippen LogP contribution in [0.4, 0.5) is 0 Å². The minimum Gasteiger partial charge on any atom is -0.333 e. The number of thiophene rings is 1. The molecule has 1 radical (unpaired) electrons. The summed E-state index contributed by atoms with van der Waals surface area (Å²) in [6, 6.07) is 48.4. The van der Waals surface area contributed by atoms with Gasteiger partial charge in [-0.25, -0.2) is 0 Å². The molecule has 321 valence electrons. The second-order valence-electron chi connectivity index (χ2n) is 18.3. The van der Waals surface area contributed by atoms with Crippen LogP contribution in [0, 0.1) is 17.4 Å². The van der Waals surface area contributed by atoms with Crippen molar-refractivity contribution in [3.63, 3.8) is 0 Å². The third-order valence-corrected chi connectivity index (χ3v) is 16.7. The maximum Gasteiger partial charge on any atom is 0.0774 e. The van der Waals surface area contributed by atoms with Crippen molar-refractivity contribution in [1.82, 2.24) is 19.5 Å². The number of aromatic nitrogens is 4.